The van der Waals surface area contributed by atoms with Crippen molar-refractivity contribution in [3.63, 3.8) is 0 Å². The molecular weight excluding hydrogens is 328 g/mol. The Morgan fingerprint density at radius 1 is 1.25 bits per heavy atom. The number of hydrogen-bond acceptors (Lipinski definition) is 5. The molecule has 1 aliphatic carbocycles. The van der Waals surface area contributed by atoms with Crippen molar-refractivity contribution in [3.8, 4) is 0 Å². The highest BCUT2D eigenvalue weighted by Gasteiger charge is 2.23. The number of aliphatic hydroxyl groups is 1. The molecule has 2 aromatic rings. The fraction of sp³-hybridized carbons (Fsp3) is 0.412. The lowest BCUT2D eigenvalue weighted by Gasteiger charge is -2.26. The summed E-state index contributed by atoms with van der Waals surface area (Å²) in [6, 6.07) is 5.11. The van der Waals surface area contributed by atoms with Crippen LogP contribution in [0.1, 0.15) is 51.5 Å². The summed E-state index contributed by atoms with van der Waals surface area (Å²) in [6.45, 7) is 1.85. The molecule has 2 aromatic heterocycles. The standard InChI is InChI=1S/C17H20N2O4S/c1-10-9-14(19-16(21)13-3-2-8-23-13)24-15(10)17(22)18-11-4-6-12(20)7-5-11/h2-3,8-9,11-12,20H,4-7H2,1H3,(H,18,22)(H,19,21). The molecule has 0 radical (unpaired) electrons. The molecule has 1 saturated carbocycles. The summed E-state index contributed by atoms with van der Waals surface area (Å²) in [5.41, 5.74) is 0.822. The lowest BCUT2D eigenvalue weighted by Crippen LogP contribution is -2.38. The topological polar surface area (TPSA) is 91.6 Å². The van der Waals surface area contributed by atoms with Crippen LogP contribution < -0.4 is 10.6 Å². The molecule has 2 amide bonds. The Labute approximate surface area is 143 Å². The van der Waals surface area contributed by atoms with Crippen molar-refractivity contribution < 1.29 is 19.1 Å². The van der Waals surface area contributed by atoms with Gasteiger partial charge in [0.05, 0.1) is 22.2 Å². The van der Waals surface area contributed by atoms with Crippen LogP contribution in [0, 0.1) is 6.92 Å². The fourth-order valence-electron chi connectivity index (χ4n) is 2.82. The third kappa shape index (κ3) is 3.85. The van der Waals surface area contributed by atoms with Gasteiger partial charge in [-0.25, -0.2) is 0 Å². The first kappa shape index (κ1) is 16.7. The second kappa shape index (κ2) is 7.19. The van der Waals surface area contributed by atoms with Gasteiger partial charge in [-0.15, -0.1) is 11.3 Å². The smallest absolute Gasteiger partial charge is 0.291 e. The summed E-state index contributed by atoms with van der Waals surface area (Å²) in [6.07, 6.45) is 4.22. The van der Waals surface area contributed by atoms with E-state index < -0.39 is 0 Å². The second-order valence-corrected chi connectivity index (χ2v) is 7.09. The van der Waals surface area contributed by atoms with Crippen LogP contribution >= 0.6 is 11.3 Å². The van der Waals surface area contributed by atoms with Crippen molar-refractivity contribution >= 4 is 28.2 Å². The summed E-state index contributed by atoms with van der Waals surface area (Å²) >= 11 is 1.25. The number of furan rings is 1. The van der Waals surface area contributed by atoms with Gasteiger partial charge in [0, 0.05) is 6.04 Å². The van der Waals surface area contributed by atoms with Crippen molar-refractivity contribution in [3.05, 3.63) is 40.7 Å². The first-order chi connectivity index (χ1) is 11.5. The highest BCUT2D eigenvalue weighted by atomic mass is 32.1. The largest absolute Gasteiger partial charge is 0.459 e. The van der Waals surface area contributed by atoms with Gasteiger partial charge in [-0.3, -0.25) is 9.59 Å². The molecule has 0 saturated heterocycles. The molecule has 0 bridgehead atoms. The van der Waals surface area contributed by atoms with Gasteiger partial charge >= 0.3 is 0 Å². The van der Waals surface area contributed by atoms with Crippen LogP contribution in [0.2, 0.25) is 0 Å². The number of thiophene rings is 1. The molecule has 1 aliphatic rings. The Morgan fingerprint density at radius 2 is 2.00 bits per heavy atom. The van der Waals surface area contributed by atoms with E-state index in [1.165, 1.54) is 17.6 Å². The van der Waals surface area contributed by atoms with E-state index >= 15 is 0 Å². The molecular formula is C17H20N2O4S. The summed E-state index contributed by atoms with van der Waals surface area (Å²) in [4.78, 5) is 25.0. The van der Waals surface area contributed by atoms with Gasteiger partial charge in [0.15, 0.2) is 5.76 Å². The van der Waals surface area contributed by atoms with Crippen LogP contribution in [0.3, 0.4) is 0 Å². The van der Waals surface area contributed by atoms with Crippen molar-refractivity contribution in [2.75, 3.05) is 5.32 Å². The van der Waals surface area contributed by atoms with Gasteiger partial charge in [0.2, 0.25) is 0 Å². The predicted molar refractivity (Wildman–Crippen MR) is 91.4 cm³/mol. The maximum Gasteiger partial charge on any atom is 0.291 e. The maximum absolute atomic E-state index is 12.4. The monoisotopic (exact) mass is 348 g/mol. The summed E-state index contributed by atoms with van der Waals surface area (Å²) in [5, 5.41) is 15.9. The minimum Gasteiger partial charge on any atom is -0.459 e. The van der Waals surface area contributed by atoms with Crippen molar-refractivity contribution in [1.29, 1.82) is 0 Å². The minimum atomic E-state index is -0.338. The summed E-state index contributed by atoms with van der Waals surface area (Å²) < 4.78 is 5.05. The number of carbonyl (C=O) groups excluding carboxylic acids is 2. The first-order valence-corrected chi connectivity index (χ1v) is 8.79. The molecule has 3 N–H and O–H groups in total. The molecule has 1 fully saturated rings. The number of anilines is 1. The van der Waals surface area contributed by atoms with Gasteiger partial charge in [-0.1, -0.05) is 0 Å². The zero-order chi connectivity index (χ0) is 17.1. The maximum atomic E-state index is 12.4. The van der Waals surface area contributed by atoms with E-state index in [1.54, 1.807) is 18.2 Å². The zero-order valence-electron chi connectivity index (χ0n) is 13.4. The van der Waals surface area contributed by atoms with Gasteiger partial charge < -0.3 is 20.2 Å². The Kier molecular flexibility index (Phi) is 5.01. The lowest BCUT2D eigenvalue weighted by atomic mass is 9.93. The van der Waals surface area contributed by atoms with E-state index in [2.05, 4.69) is 10.6 Å². The molecule has 0 aliphatic heterocycles. The normalized spacial score (nSPS) is 20.6. The van der Waals surface area contributed by atoms with Crippen LogP contribution in [-0.2, 0) is 0 Å². The molecule has 0 atom stereocenters. The summed E-state index contributed by atoms with van der Waals surface area (Å²) in [7, 11) is 0. The molecule has 128 valence electrons. The van der Waals surface area contributed by atoms with E-state index in [0.29, 0.717) is 9.88 Å². The number of carbonyl (C=O) groups is 2. The molecule has 0 aromatic carbocycles. The van der Waals surface area contributed by atoms with Crippen LogP contribution in [0.15, 0.2) is 28.9 Å². The average molecular weight is 348 g/mol. The number of aryl methyl sites for hydroxylation is 1. The molecule has 7 heteroatoms. The van der Waals surface area contributed by atoms with E-state index in [0.717, 1.165) is 31.2 Å². The number of aliphatic hydroxyl groups excluding tert-OH is 1. The van der Waals surface area contributed by atoms with Gasteiger partial charge in [-0.2, -0.15) is 0 Å². The van der Waals surface area contributed by atoms with E-state index in [4.69, 9.17) is 4.42 Å². The third-order valence-electron chi connectivity index (χ3n) is 4.14. The SMILES string of the molecule is Cc1cc(NC(=O)c2ccco2)sc1C(=O)NC1CCC(O)CC1. The Bertz CT molecular complexity index is 715. The van der Waals surface area contributed by atoms with Crippen molar-refractivity contribution in [2.24, 2.45) is 0 Å². The van der Waals surface area contributed by atoms with Crippen molar-refractivity contribution in [1.82, 2.24) is 5.32 Å². The highest BCUT2D eigenvalue weighted by Crippen LogP contribution is 2.28. The van der Waals surface area contributed by atoms with Crippen LogP contribution in [0.25, 0.3) is 0 Å². The molecule has 24 heavy (non-hydrogen) atoms. The Balaban J connectivity index is 1.63. The fourth-order valence-corrected chi connectivity index (χ4v) is 3.79. The first-order valence-electron chi connectivity index (χ1n) is 7.97. The van der Waals surface area contributed by atoms with Crippen molar-refractivity contribution in [2.45, 2.75) is 44.8 Å². The summed E-state index contributed by atoms with van der Waals surface area (Å²) in [5.74, 6) is -0.236. The Morgan fingerprint density at radius 3 is 2.67 bits per heavy atom. The van der Waals surface area contributed by atoms with Crippen LogP contribution in [0.4, 0.5) is 5.00 Å². The second-order valence-electron chi connectivity index (χ2n) is 6.03. The van der Waals surface area contributed by atoms with Crippen LogP contribution in [-0.4, -0.2) is 29.1 Å². The molecule has 6 nitrogen and oxygen atoms in total. The molecule has 0 spiro atoms. The number of hydrogen-bond donors (Lipinski definition) is 3. The molecule has 2 heterocycles. The van der Waals surface area contributed by atoms with E-state index in [9.17, 15) is 14.7 Å². The van der Waals surface area contributed by atoms with E-state index in [1.807, 2.05) is 6.92 Å². The lowest BCUT2D eigenvalue weighted by molar-refractivity contribution is 0.0870. The van der Waals surface area contributed by atoms with E-state index in [-0.39, 0.29) is 29.7 Å². The average Bonchev–Trinajstić information content (AvgIpc) is 3.19. The molecule has 0 unspecified atom stereocenters. The Hall–Kier alpha value is -2.12. The quantitative estimate of drug-likeness (QED) is 0.792. The molecule has 3 rings (SSSR count). The van der Waals surface area contributed by atoms with Gasteiger partial charge in [-0.05, 0) is 56.4 Å². The number of rotatable bonds is 4. The van der Waals surface area contributed by atoms with Gasteiger partial charge in [0.25, 0.3) is 11.8 Å². The number of amides is 2. The zero-order valence-corrected chi connectivity index (χ0v) is 14.2. The highest BCUT2D eigenvalue weighted by molar-refractivity contribution is 7.18. The number of nitrogens with one attached hydrogen (secondary N) is 2. The predicted octanol–water partition coefficient (Wildman–Crippen LogP) is 2.94. The minimum absolute atomic E-state index is 0.101. The van der Waals surface area contributed by atoms with Crippen LogP contribution in [0.5, 0.6) is 0 Å². The third-order valence-corrected chi connectivity index (χ3v) is 5.29. The van der Waals surface area contributed by atoms with Gasteiger partial charge in [0.1, 0.15) is 0 Å².